The Balaban J connectivity index is 1.98. The van der Waals surface area contributed by atoms with E-state index < -0.39 is 0 Å². The lowest BCUT2D eigenvalue weighted by molar-refractivity contribution is 0.294. The fourth-order valence-electron chi connectivity index (χ4n) is 0.915. The van der Waals surface area contributed by atoms with E-state index in [0.717, 1.165) is 0 Å². The normalized spacial score (nSPS) is 10.0. The van der Waals surface area contributed by atoms with Gasteiger partial charge in [0.05, 0.1) is 0 Å². The fourth-order valence-corrected chi connectivity index (χ4v) is 0.915. The molecule has 6 heteroatoms. The zero-order valence-electron chi connectivity index (χ0n) is 7.14. The first-order valence-electron chi connectivity index (χ1n) is 3.91. The van der Waals surface area contributed by atoms with E-state index in [1.807, 2.05) is 0 Å². The van der Waals surface area contributed by atoms with Crippen molar-refractivity contribution in [3.63, 3.8) is 0 Å². The van der Waals surface area contributed by atoms with Crippen LogP contribution in [0.3, 0.4) is 0 Å². The second-order valence-electron chi connectivity index (χ2n) is 2.55. The van der Waals surface area contributed by atoms with E-state index in [1.54, 1.807) is 12.1 Å². The number of phenolic OH excluding ortho intramolecular Hbond substituents is 1. The summed E-state index contributed by atoms with van der Waals surface area (Å²) < 4.78 is 5.28. The molecule has 6 nitrogen and oxygen atoms in total. The minimum Gasteiger partial charge on any atom is -0.507 e. The summed E-state index contributed by atoms with van der Waals surface area (Å²) in [6, 6.07) is 7.31. The maximum absolute atomic E-state index is 9.09. The Bertz CT molecular complexity index is 401. The fraction of sp³-hybridized carbons (Fsp3) is 0.125. The van der Waals surface area contributed by atoms with Crippen molar-refractivity contribution < 1.29 is 9.84 Å². The molecule has 0 saturated heterocycles. The number of hydrogen-bond acceptors (Lipinski definition) is 5. The molecule has 2 rings (SSSR count). The highest BCUT2D eigenvalue weighted by molar-refractivity contribution is 5.30. The van der Waals surface area contributed by atoms with Gasteiger partial charge in [0.2, 0.25) is 0 Å². The highest BCUT2D eigenvalue weighted by Gasteiger charge is 1.99. The Labute approximate surface area is 79.5 Å². The molecule has 2 aromatic rings. The van der Waals surface area contributed by atoms with Crippen molar-refractivity contribution in [1.82, 2.24) is 20.6 Å². The monoisotopic (exact) mass is 191 g/mol. The van der Waals surface area contributed by atoms with Gasteiger partial charge < -0.3 is 9.84 Å². The predicted octanol–water partition coefficient (Wildman–Crippen LogP) is 0.284. The van der Waals surface area contributed by atoms with E-state index in [1.165, 1.54) is 6.07 Å². The quantitative estimate of drug-likeness (QED) is 0.728. The van der Waals surface area contributed by atoms with Crippen LogP contribution in [-0.2, 0) is 6.61 Å². The molecule has 1 heterocycles. The van der Waals surface area contributed by atoms with Gasteiger partial charge in [0.25, 0.3) is 0 Å². The molecule has 2 N–H and O–H groups in total. The van der Waals surface area contributed by atoms with E-state index in [9.17, 15) is 0 Å². The lowest BCUT2D eigenvalue weighted by atomic mass is 10.3. The van der Waals surface area contributed by atoms with Crippen LogP contribution in [-0.4, -0.2) is 25.7 Å². The molecular weight excluding hydrogens is 184 g/mol. The summed E-state index contributed by atoms with van der Waals surface area (Å²) in [7, 11) is 0. The van der Waals surface area contributed by atoms with Crippen molar-refractivity contribution in [2.75, 3.05) is 0 Å². The van der Waals surface area contributed by atoms with Crippen molar-refractivity contribution in [2.24, 2.45) is 0 Å². The second kappa shape index (κ2) is 3.73. The van der Waals surface area contributed by atoms with Gasteiger partial charge in [0.1, 0.15) is 18.1 Å². The molecule has 1 aromatic heterocycles. The number of tetrazole rings is 1. The number of aromatic amines is 1. The standard InChI is InChI=1S/C8H7N4O2/c13-6-2-1-3-7(4-6)14-5-8-9-11-12-10-8/h1,3-4,13H,5H2,(H,9,10,11,12). The highest BCUT2D eigenvalue weighted by Crippen LogP contribution is 2.17. The Morgan fingerprint density at radius 3 is 3.21 bits per heavy atom. The van der Waals surface area contributed by atoms with Gasteiger partial charge in [0.15, 0.2) is 5.82 Å². The topological polar surface area (TPSA) is 83.9 Å². The molecule has 0 spiro atoms. The van der Waals surface area contributed by atoms with Crippen molar-refractivity contribution in [3.8, 4) is 11.5 Å². The number of rotatable bonds is 3. The number of benzene rings is 1. The first-order valence-corrected chi connectivity index (χ1v) is 3.91. The third-order valence-corrected chi connectivity index (χ3v) is 1.52. The van der Waals surface area contributed by atoms with Crippen molar-refractivity contribution in [2.45, 2.75) is 6.61 Å². The number of nitrogens with one attached hydrogen (secondary N) is 1. The van der Waals surface area contributed by atoms with Gasteiger partial charge in [-0.25, -0.2) is 5.10 Å². The van der Waals surface area contributed by atoms with Gasteiger partial charge >= 0.3 is 0 Å². The Kier molecular flexibility index (Phi) is 2.26. The van der Waals surface area contributed by atoms with Gasteiger partial charge in [-0.1, -0.05) is 0 Å². The van der Waals surface area contributed by atoms with E-state index in [4.69, 9.17) is 9.84 Å². The first kappa shape index (κ1) is 8.49. The maximum Gasteiger partial charge on any atom is 0.186 e. The molecule has 0 amide bonds. The smallest absolute Gasteiger partial charge is 0.186 e. The van der Waals surface area contributed by atoms with Crippen molar-refractivity contribution in [3.05, 3.63) is 30.1 Å². The third kappa shape index (κ3) is 1.98. The molecule has 0 aliphatic heterocycles. The van der Waals surface area contributed by atoms with E-state index in [2.05, 4.69) is 26.7 Å². The number of ether oxygens (including phenoxy) is 1. The number of H-pyrrole nitrogens is 1. The number of aromatic nitrogens is 4. The summed E-state index contributed by atoms with van der Waals surface area (Å²) in [5.74, 6) is 1.10. The zero-order chi connectivity index (χ0) is 9.80. The van der Waals surface area contributed by atoms with Crippen LogP contribution in [0.25, 0.3) is 0 Å². The Morgan fingerprint density at radius 1 is 1.57 bits per heavy atom. The predicted molar refractivity (Wildman–Crippen MR) is 45.5 cm³/mol. The van der Waals surface area contributed by atoms with Gasteiger partial charge in [-0.3, -0.25) is 0 Å². The number of hydrogen-bond donors (Lipinski definition) is 2. The molecule has 0 aliphatic carbocycles. The first-order chi connectivity index (χ1) is 6.84. The summed E-state index contributed by atoms with van der Waals surface area (Å²) in [6.45, 7) is 0.233. The van der Waals surface area contributed by atoms with Crippen LogP contribution in [0.2, 0.25) is 0 Å². The summed E-state index contributed by atoms with van der Waals surface area (Å²) in [5, 5.41) is 22.1. The molecule has 0 atom stereocenters. The second-order valence-corrected chi connectivity index (χ2v) is 2.55. The summed E-state index contributed by atoms with van der Waals surface area (Å²) in [5.41, 5.74) is 0. The lowest BCUT2D eigenvalue weighted by Crippen LogP contribution is -1.97. The zero-order valence-corrected chi connectivity index (χ0v) is 7.14. The van der Waals surface area contributed by atoms with Gasteiger partial charge in [-0.2, -0.15) is 0 Å². The average Bonchev–Trinajstić information content (AvgIpc) is 2.67. The van der Waals surface area contributed by atoms with Crippen LogP contribution >= 0.6 is 0 Å². The number of phenols is 1. The van der Waals surface area contributed by atoms with Gasteiger partial charge in [0, 0.05) is 12.1 Å². The molecular formula is C8H7N4O2. The van der Waals surface area contributed by atoms with Crippen LogP contribution in [0.4, 0.5) is 0 Å². The molecule has 14 heavy (non-hydrogen) atoms. The van der Waals surface area contributed by atoms with Crippen LogP contribution in [0.15, 0.2) is 18.2 Å². The van der Waals surface area contributed by atoms with E-state index >= 15 is 0 Å². The largest absolute Gasteiger partial charge is 0.507 e. The molecule has 0 saturated carbocycles. The summed E-state index contributed by atoms with van der Waals surface area (Å²) in [6.07, 6.45) is 0. The molecule has 1 radical (unpaired) electrons. The summed E-state index contributed by atoms with van der Waals surface area (Å²) in [4.78, 5) is 0. The van der Waals surface area contributed by atoms with E-state index in [-0.39, 0.29) is 12.4 Å². The van der Waals surface area contributed by atoms with Crippen molar-refractivity contribution >= 4 is 0 Å². The van der Waals surface area contributed by atoms with Gasteiger partial charge in [-0.05, 0) is 22.6 Å². The van der Waals surface area contributed by atoms with Gasteiger partial charge in [-0.15, -0.1) is 5.10 Å². The molecule has 0 unspecified atom stereocenters. The van der Waals surface area contributed by atoms with E-state index in [0.29, 0.717) is 11.6 Å². The third-order valence-electron chi connectivity index (χ3n) is 1.52. The average molecular weight is 191 g/mol. The number of aromatic hydroxyl groups is 1. The lowest BCUT2D eigenvalue weighted by Gasteiger charge is -2.02. The Hall–Kier alpha value is -2.11. The minimum atomic E-state index is 0.0400. The Morgan fingerprint density at radius 2 is 2.50 bits per heavy atom. The minimum absolute atomic E-state index is 0.0400. The molecule has 0 bridgehead atoms. The van der Waals surface area contributed by atoms with Crippen LogP contribution in [0.1, 0.15) is 5.82 Å². The van der Waals surface area contributed by atoms with Crippen LogP contribution < -0.4 is 4.74 Å². The maximum atomic E-state index is 9.09. The molecule has 0 aliphatic rings. The molecule has 71 valence electrons. The van der Waals surface area contributed by atoms with Crippen LogP contribution in [0.5, 0.6) is 11.5 Å². The van der Waals surface area contributed by atoms with Crippen LogP contribution in [0, 0.1) is 6.07 Å². The SMILES string of the molecule is Oc1[c]ccc(OCc2nnn[nH]2)c1. The van der Waals surface area contributed by atoms with Crippen molar-refractivity contribution in [1.29, 1.82) is 0 Å². The highest BCUT2D eigenvalue weighted by atomic mass is 16.5. The summed E-state index contributed by atoms with van der Waals surface area (Å²) >= 11 is 0. The molecule has 1 aromatic carbocycles. The number of nitrogens with zero attached hydrogens (tertiary/aromatic N) is 3. The molecule has 0 fully saturated rings.